The van der Waals surface area contributed by atoms with Gasteiger partial charge in [-0.15, -0.1) is 0 Å². The molecule has 1 aromatic heterocycles. The van der Waals surface area contributed by atoms with Crippen LogP contribution < -0.4 is 19.6 Å². The smallest absolute Gasteiger partial charge is 0.271 e. The fourth-order valence-corrected chi connectivity index (χ4v) is 6.59. The van der Waals surface area contributed by atoms with Gasteiger partial charge in [0.15, 0.2) is 4.80 Å². The average Bonchev–Trinajstić information content (AvgIpc) is 3.31. The molecular formula is C33H28BrClN4O3S. The van der Waals surface area contributed by atoms with Crippen LogP contribution in [0.15, 0.2) is 92.3 Å². The molecular weight excluding hydrogens is 648 g/mol. The van der Waals surface area contributed by atoms with Crippen molar-refractivity contribution in [2.24, 2.45) is 4.99 Å². The lowest BCUT2D eigenvalue weighted by atomic mass is 9.94. The Morgan fingerprint density at radius 3 is 2.58 bits per heavy atom. The summed E-state index contributed by atoms with van der Waals surface area (Å²) in [5.74, 6) is 0.408. The molecule has 218 valence electrons. The molecule has 4 aromatic rings. The molecule has 0 saturated heterocycles. The van der Waals surface area contributed by atoms with Crippen LogP contribution in [-0.2, 0) is 11.4 Å². The molecule has 1 atom stereocenters. The van der Waals surface area contributed by atoms with E-state index in [4.69, 9.17) is 21.3 Å². The van der Waals surface area contributed by atoms with Crippen molar-refractivity contribution in [3.63, 3.8) is 0 Å². The third-order valence-corrected chi connectivity index (χ3v) is 9.00. The maximum absolute atomic E-state index is 14.1. The van der Waals surface area contributed by atoms with Crippen molar-refractivity contribution in [1.82, 2.24) is 9.47 Å². The number of hydrogen-bond donors (Lipinski definition) is 0. The third-order valence-electron chi connectivity index (χ3n) is 7.27. The quantitative estimate of drug-likeness (QED) is 0.230. The summed E-state index contributed by atoms with van der Waals surface area (Å²) >= 11 is 11.0. The lowest BCUT2D eigenvalue weighted by Gasteiger charge is -2.29. The van der Waals surface area contributed by atoms with E-state index in [0.717, 1.165) is 15.6 Å². The van der Waals surface area contributed by atoms with Crippen molar-refractivity contribution >= 4 is 50.9 Å². The minimum absolute atomic E-state index is 0.152. The van der Waals surface area contributed by atoms with Crippen LogP contribution in [0.2, 0.25) is 5.02 Å². The molecule has 1 amide bonds. The van der Waals surface area contributed by atoms with Crippen molar-refractivity contribution < 1.29 is 9.53 Å². The Morgan fingerprint density at radius 2 is 1.88 bits per heavy atom. The number of nitrogens with zero attached hydrogens (tertiary/aromatic N) is 4. The summed E-state index contributed by atoms with van der Waals surface area (Å²) in [5.41, 5.74) is 3.54. The number of allylic oxidation sites excluding steroid dienone is 1. The summed E-state index contributed by atoms with van der Waals surface area (Å²) in [6, 6.07) is 21.6. The van der Waals surface area contributed by atoms with E-state index in [1.54, 1.807) is 33.7 Å². The number of fused-ring (bicyclic) bond motifs is 1. The normalized spacial score (nSPS) is 14.6. The Bertz CT molecular complexity index is 1950. The molecule has 1 aliphatic rings. The van der Waals surface area contributed by atoms with Crippen LogP contribution in [0, 0.1) is 11.3 Å². The third kappa shape index (κ3) is 6.23. The average molecular weight is 676 g/mol. The molecule has 0 radical (unpaired) electrons. The van der Waals surface area contributed by atoms with E-state index in [1.165, 1.54) is 11.3 Å². The van der Waals surface area contributed by atoms with E-state index in [-0.39, 0.29) is 18.1 Å². The van der Waals surface area contributed by atoms with E-state index >= 15 is 0 Å². The van der Waals surface area contributed by atoms with Crippen molar-refractivity contribution in [2.75, 3.05) is 13.1 Å². The molecule has 43 heavy (non-hydrogen) atoms. The molecule has 1 aliphatic heterocycles. The highest BCUT2D eigenvalue weighted by molar-refractivity contribution is 9.10. The zero-order valence-corrected chi connectivity index (χ0v) is 27.0. The van der Waals surface area contributed by atoms with E-state index in [2.05, 4.69) is 22.0 Å². The number of likely N-dealkylation sites (N-methyl/N-ethyl adjacent to an activating group) is 1. The Labute approximate surface area is 266 Å². The van der Waals surface area contributed by atoms with Gasteiger partial charge in [0.05, 0.1) is 33.5 Å². The van der Waals surface area contributed by atoms with Gasteiger partial charge in [0.2, 0.25) is 0 Å². The number of amides is 1. The maximum atomic E-state index is 14.1. The summed E-state index contributed by atoms with van der Waals surface area (Å²) < 4.78 is 9.02. The predicted molar refractivity (Wildman–Crippen MR) is 173 cm³/mol. The van der Waals surface area contributed by atoms with Crippen LogP contribution in [0.3, 0.4) is 0 Å². The molecule has 0 aliphatic carbocycles. The molecule has 0 spiro atoms. The maximum Gasteiger partial charge on any atom is 0.271 e. The SMILES string of the molecule is CCN(CC)C(=O)C1=C(C)N=c2s/c(=C/c3cc(Br)ccc3OCc3ccccc3C#N)c(=O)n2[C@@H]1c1ccc(Cl)cc1. The highest BCUT2D eigenvalue weighted by Gasteiger charge is 2.34. The molecule has 0 unspecified atom stereocenters. The number of carbonyl (C=O) groups is 1. The summed E-state index contributed by atoms with van der Waals surface area (Å²) in [4.78, 5) is 34.9. The number of benzene rings is 3. The number of ether oxygens (including phenoxy) is 1. The number of halogens is 2. The lowest BCUT2D eigenvalue weighted by Crippen LogP contribution is -2.43. The minimum Gasteiger partial charge on any atom is -0.488 e. The van der Waals surface area contributed by atoms with Gasteiger partial charge < -0.3 is 9.64 Å². The highest BCUT2D eigenvalue weighted by atomic mass is 79.9. The van der Waals surface area contributed by atoms with Gasteiger partial charge in [0.25, 0.3) is 11.5 Å². The first-order chi connectivity index (χ1) is 20.7. The Morgan fingerprint density at radius 1 is 1.16 bits per heavy atom. The van der Waals surface area contributed by atoms with Crippen LogP contribution in [0.25, 0.3) is 6.08 Å². The molecule has 7 nitrogen and oxygen atoms in total. The molecule has 0 fully saturated rings. The molecule has 0 saturated carbocycles. The number of nitriles is 1. The first kappa shape index (κ1) is 30.5. The Hall–Kier alpha value is -3.97. The second-order valence-corrected chi connectivity index (χ2v) is 12.2. The van der Waals surface area contributed by atoms with Crippen LogP contribution in [0.5, 0.6) is 5.75 Å². The molecule has 2 heterocycles. The summed E-state index contributed by atoms with van der Waals surface area (Å²) in [6.07, 6.45) is 1.78. The molecule has 0 N–H and O–H groups in total. The van der Waals surface area contributed by atoms with Crippen LogP contribution in [-0.4, -0.2) is 28.5 Å². The monoisotopic (exact) mass is 674 g/mol. The van der Waals surface area contributed by atoms with Crippen LogP contribution in [0.1, 0.15) is 49.1 Å². The molecule has 10 heteroatoms. The summed E-state index contributed by atoms with van der Waals surface area (Å²) in [6.45, 7) is 6.94. The number of rotatable bonds is 8. The first-order valence-corrected chi connectivity index (χ1v) is 15.7. The van der Waals surface area contributed by atoms with Gasteiger partial charge in [0.1, 0.15) is 12.4 Å². The zero-order chi connectivity index (χ0) is 30.7. The number of hydrogen-bond acceptors (Lipinski definition) is 6. The van der Waals surface area contributed by atoms with E-state index < -0.39 is 6.04 Å². The van der Waals surface area contributed by atoms with Gasteiger partial charge in [-0.2, -0.15) is 5.26 Å². The van der Waals surface area contributed by atoms with Crippen molar-refractivity contribution in [3.8, 4) is 11.8 Å². The van der Waals surface area contributed by atoms with Crippen molar-refractivity contribution in [3.05, 3.63) is 129 Å². The summed E-state index contributed by atoms with van der Waals surface area (Å²) in [5, 5.41) is 10.0. The van der Waals surface area contributed by atoms with Crippen LogP contribution in [0.4, 0.5) is 0 Å². The fraction of sp³-hybridized carbons (Fsp3) is 0.212. The second kappa shape index (κ2) is 13.1. The number of thiazole rings is 1. The van der Waals surface area contributed by atoms with Gasteiger partial charge in [-0.05, 0) is 68.8 Å². The standard InChI is InChI=1S/C33H28BrClN4O3S/c1-4-38(5-2)32(41)29-20(3)37-33-39(30(29)21-10-13-26(35)14-11-21)31(40)28(43-33)17-24-16-25(34)12-15-27(24)42-19-23-9-7-6-8-22(23)18-36/h6-17,30H,4-5,19H2,1-3H3/b28-17+/t30-/m1/s1. The van der Waals surface area contributed by atoms with E-state index in [0.29, 0.717) is 55.6 Å². The van der Waals surface area contributed by atoms with Crippen LogP contribution >= 0.6 is 38.9 Å². The molecule has 5 rings (SSSR count). The Kier molecular flexibility index (Phi) is 9.31. The zero-order valence-electron chi connectivity index (χ0n) is 23.8. The van der Waals surface area contributed by atoms with Gasteiger partial charge in [-0.25, -0.2) is 4.99 Å². The topological polar surface area (TPSA) is 87.7 Å². The van der Waals surface area contributed by atoms with E-state index in [9.17, 15) is 14.9 Å². The second-order valence-electron chi connectivity index (χ2n) is 9.85. The van der Waals surface area contributed by atoms with E-state index in [1.807, 2.05) is 69.3 Å². The lowest BCUT2D eigenvalue weighted by molar-refractivity contribution is -0.127. The van der Waals surface area contributed by atoms with Gasteiger partial charge in [-0.1, -0.05) is 69.2 Å². The van der Waals surface area contributed by atoms with Crippen molar-refractivity contribution in [2.45, 2.75) is 33.4 Å². The van der Waals surface area contributed by atoms with Crippen molar-refractivity contribution in [1.29, 1.82) is 5.26 Å². The largest absolute Gasteiger partial charge is 0.488 e. The van der Waals surface area contributed by atoms with Gasteiger partial charge in [-0.3, -0.25) is 14.2 Å². The Balaban J connectivity index is 1.63. The van der Waals surface area contributed by atoms with Gasteiger partial charge in [0, 0.05) is 33.7 Å². The fourth-order valence-electron chi connectivity index (χ4n) is 5.05. The highest BCUT2D eigenvalue weighted by Crippen LogP contribution is 2.32. The predicted octanol–water partition coefficient (Wildman–Crippen LogP) is 5.97. The summed E-state index contributed by atoms with van der Waals surface area (Å²) in [7, 11) is 0. The first-order valence-electron chi connectivity index (χ1n) is 13.7. The molecule has 3 aromatic carbocycles. The van der Waals surface area contributed by atoms with Gasteiger partial charge >= 0.3 is 0 Å². The number of carbonyl (C=O) groups excluding carboxylic acids is 1. The molecule has 0 bridgehead atoms. The number of aromatic nitrogens is 1. The minimum atomic E-state index is -0.663.